The first kappa shape index (κ1) is 24.8. The fraction of sp³-hybridized carbons (Fsp3) is 0.464. The van der Waals surface area contributed by atoms with Gasteiger partial charge in [-0.25, -0.2) is 4.79 Å². The Kier molecular flexibility index (Phi) is 8.06. The standard InChI is InChI=1S/C28H34N2O5/c1-18(8-6-15-26(31)32)29-27(33)19-9-7-10-20(16-19)30-28(34)35-17-25-23-13-4-2-11-21(23)22-12-3-5-14-24(22)25/h2-5,11-14,18-20,25H,6-10,15-17H2,1H3,(H,29,33)(H,30,34)(H,31,32)/t18?,19-,20+/m1/s1. The van der Waals surface area contributed by atoms with Crippen LogP contribution in [0.5, 0.6) is 0 Å². The highest BCUT2D eigenvalue weighted by Crippen LogP contribution is 2.44. The number of carboxylic acid groups (broad SMARTS) is 1. The summed E-state index contributed by atoms with van der Waals surface area (Å²) in [5.74, 6) is -0.991. The first-order chi connectivity index (χ1) is 16.9. The van der Waals surface area contributed by atoms with Crippen molar-refractivity contribution >= 4 is 18.0 Å². The van der Waals surface area contributed by atoms with Crippen LogP contribution in [0.25, 0.3) is 11.1 Å². The van der Waals surface area contributed by atoms with Crippen molar-refractivity contribution in [2.24, 2.45) is 5.92 Å². The van der Waals surface area contributed by atoms with Crippen LogP contribution in [0.2, 0.25) is 0 Å². The van der Waals surface area contributed by atoms with Crippen LogP contribution in [-0.4, -0.2) is 41.8 Å². The van der Waals surface area contributed by atoms with Crippen molar-refractivity contribution in [2.45, 2.75) is 69.9 Å². The molecule has 2 aliphatic carbocycles. The number of benzene rings is 2. The van der Waals surface area contributed by atoms with Gasteiger partial charge in [0.1, 0.15) is 6.61 Å². The van der Waals surface area contributed by atoms with Crippen molar-refractivity contribution in [3.8, 4) is 11.1 Å². The lowest BCUT2D eigenvalue weighted by atomic mass is 9.85. The van der Waals surface area contributed by atoms with E-state index in [1.807, 2.05) is 31.2 Å². The first-order valence-electron chi connectivity index (χ1n) is 12.6. The molecule has 1 unspecified atom stereocenters. The van der Waals surface area contributed by atoms with Gasteiger partial charge in [0, 0.05) is 30.3 Å². The maximum absolute atomic E-state index is 12.7. The lowest BCUT2D eigenvalue weighted by Gasteiger charge is -2.29. The molecule has 1 fully saturated rings. The predicted octanol–water partition coefficient (Wildman–Crippen LogP) is 4.84. The molecular weight excluding hydrogens is 444 g/mol. The minimum absolute atomic E-state index is 0.0145. The maximum atomic E-state index is 12.7. The highest BCUT2D eigenvalue weighted by molar-refractivity contribution is 5.80. The van der Waals surface area contributed by atoms with Gasteiger partial charge in [0.2, 0.25) is 5.91 Å². The van der Waals surface area contributed by atoms with Crippen molar-refractivity contribution in [2.75, 3.05) is 6.61 Å². The number of hydrogen-bond donors (Lipinski definition) is 3. The molecule has 0 aromatic heterocycles. The first-order valence-corrected chi connectivity index (χ1v) is 12.6. The number of alkyl carbamates (subject to hydrolysis) is 1. The number of hydrogen-bond acceptors (Lipinski definition) is 4. The maximum Gasteiger partial charge on any atom is 0.407 e. The summed E-state index contributed by atoms with van der Waals surface area (Å²) in [7, 11) is 0. The van der Waals surface area contributed by atoms with Crippen molar-refractivity contribution in [3.05, 3.63) is 59.7 Å². The number of carbonyl (C=O) groups is 3. The molecule has 0 bridgehead atoms. The zero-order chi connectivity index (χ0) is 24.8. The van der Waals surface area contributed by atoms with Crippen molar-refractivity contribution in [3.63, 3.8) is 0 Å². The summed E-state index contributed by atoms with van der Waals surface area (Å²) in [6.07, 6.45) is 3.88. The van der Waals surface area contributed by atoms with Gasteiger partial charge in [-0.3, -0.25) is 9.59 Å². The Morgan fingerprint density at radius 3 is 2.34 bits per heavy atom. The van der Waals surface area contributed by atoms with E-state index < -0.39 is 12.1 Å². The summed E-state index contributed by atoms with van der Waals surface area (Å²) < 4.78 is 5.67. The van der Waals surface area contributed by atoms with Gasteiger partial charge in [-0.05, 0) is 61.3 Å². The molecule has 0 aliphatic heterocycles. The molecule has 7 nitrogen and oxygen atoms in total. The fourth-order valence-electron chi connectivity index (χ4n) is 5.36. The molecule has 0 heterocycles. The smallest absolute Gasteiger partial charge is 0.407 e. The molecule has 0 saturated heterocycles. The summed E-state index contributed by atoms with van der Waals surface area (Å²) in [5, 5.41) is 14.7. The zero-order valence-corrected chi connectivity index (χ0v) is 20.2. The Labute approximate surface area is 206 Å². The number of carbonyl (C=O) groups excluding carboxylic acids is 2. The van der Waals surface area contributed by atoms with E-state index >= 15 is 0 Å². The van der Waals surface area contributed by atoms with Crippen LogP contribution < -0.4 is 10.6 Å². The third kappa shape index (κ3) is 6.21. The zero-order valence-electron chi connectivity index (χ0n) is 20.2. The van der Waals surface area contributed by atoms with E-state index in [1.54, 1.807) is 0 Å². The quantitative estimate of drug-likeness (QED) is 0.478. The van der Waals surface area contributed by atoms with E-state index in [0.717, 1.165) is 19.3 Å². The highest BCUT2D eigenvalue weighted by atomic mass is 16.5. The molecular formula is C28H34N2O5. The van der Waals surface area contributed by atoms with Gasteiger partial charge >= 0.3 is 12.1 Å². The van der Waals surface area contributed by atoms with E-state index in [9.17, 15) is 14.4 Å². The molecule has 2 aliphatic rings. The molecule has 3 N–H and O–H groups in total. The number of aliphatic carboxylic acids is 1. The van der Waals surface area contributed by atoms with Crippen LogP contribution >= 0.6 is 0 Å². The molecule has 0 spiro atoms. The second kappa shape index (κ2) is 11.4. The van der Waals surface area contributed by atoms with Crippen LogP contribution in [0.1, 0.15) is 68.9 Å². The lowest BCUT2D eigenvalue weighted by molar-refractivity contribution is -0.137. The molecule has 2 amide bonds. The van der Waals surface area contributed by atoms with Crippen molar-refractivity contribution in [1.82, 2.24) is 10.6 Å². The van der Waals surface area contributed by atoms with Gasteiger partial charge in [-0.2, -0.15) is 0 Å². The second-order valence-corrected chi connectivity index (χ2v) is 9.73. The monoisotopic (exact) mass is 478 g/mol. The number of carboxylic acids is 1. The van der Waals surface area contributed by atoms with Crippen LogP contribution in [0, 0.1) is 5.92 Å². The van der Waals surface area contributed by atoms with Gasteiger partial charge in [0.25, 0.3) is 0 Å². The average Bonchev–Trinajstić information content (AvgIpc) is 3.16. The summed E-state index contributed by atoms with van der Waals surface area (Å²) in [6, 6.07) is 16.3. The third-order valence-electron chi connectivity index (χ3n) is 7.13. The summed E-state index contributed by atoms with van der Waals surface area (Å²) in [6.45, 7) is 2.17. The minimum atomic E-state index is -0.821. The van der Waals surface area contributed by atoms with Gasteiger partial charge in [-0.1, -0.05) is 55.0 Å². The van der Waals surface area contributed by atoms with Crippen LogP contribution in [0.4, 0.5) is 4.79 Å². The molecule has 3 atom stereocenters. The Morgan fingerprint density at radius 1 is 1.03 bits per heavy atom. The fourth-order valence-corrected chi connectivity index (χ4v) is 5.36. The molecule has 186 valence electrons. The molecule has 2 aromatic carbocycles. The Balaban J connectivity index is 1.26. The Bertz CT molecular complexity index is 1020. The number of nitrogens with one attached hydrogen (secondary N) is 2. The van der Waals surface area contributed by atoms with Gasteiger partial charge in [-0.15, -0.1) is 0 Å². The molecule has 2 aromatic rings. The van der Waals surface area contributed by atoms with E-state index in [2.05, 4.69) is 34.9 Å². The normalized spacial score (nSPS) is 19.8. The van der Waals surface area contributed by atoms with E-state index in [4.69, 9.17) is 9.84 Å². The summed E-state index contributed by atoms with van der Waals surface area (Å²) >= 11 is 0. The Morgan fingerprint density at radius 2 is 1.69 bits per heavy atom. The van der Waals surface area contributed by atoms with Crippen molar-refractivity contribution in [1.29, 1.82) is 0 Å². The van der Waals surface area contributed by atoms with Gasteiger partial charge < -0.3 is 20.5 Å². The van der Waals surface area contributed by atoms with E-state index in [-0.39, 0.29) is 42.9 Å². The van der Waals surface area contributed by atoms with Crippen LogP contribution in [-0.2, 0) is 14.3 Å². The second-order valence-electron chi connectivity index (χ2n) is 9.73. The van der Waals surface area contributed by atoms with E-state index in [1.165, 1.54) is 22.3 Å². The summed E-state index contributed by atoms with van der Waals surface area (Å²) in [4.78, 5) is 36.0. The molecule has 1 saturated carbocycles. The molecule has 0 radical (unpaired) electrons. The van der Waals surface area contributed by atoms with Crippen LogP contribution in [0.15, 0.2) is 48.5 Å². The summed E-state index contributed by atoms with van der Waals surface area (Å²) in [5.41, 5.74) is 4.73. The molecule has 7 heteroatoms. The third-order valence-corrected chi connectivity index (χ3v) is 7.13. The van der Waals surface area contributed by atoms with Crippen molar-refractivity contribution < 1.29 is 24.2 Å². The Hall–Kier alpha value is -3.35. The lowest BCUT2D eigenvalue weighted by Crippen LogP contribution is -2.44. The number of rotatable bonds is 9. The van der Waals surface area contributed by atoms with Crippen LogP contribution in [0.3, 0.4) is 0 Å². The minimum Gasteiger partial charge on any atom is -0.481 e. The van der Waals surface area contributed by atoms with Gasteiger partial charge in [0.05, 0.1) is 0 Å². The molecule has 35 heavy (non-hydrogen) atoms. The largest absolute Gasteiger partial charge is 0.481 e. The molecule has 4 rings (SSSR count). The predicted molar refractivity (Wildman–Crippen MR) is 133 cm³/mol. The van der Waals surface area contributed by atoms with Gasteiger partial charge in [0.15, 0.2) is 0 Å². The topological polar surface area (TPSA) is 105 Å². The number of amides is 2. The number of ether oxygens (including phenoxy) is 1. The SMILES string of the molecule is CC(CCCC(=O)O)NC(=O)[C@@H]1CCC[C@H](NC(=O)OCC2c3ccccc3-c3ccccc32)C1. The highest BCUT2D eigenvalue weighted by Gasteiger charge is 2.31. The number of fused-ring (bicyclic) bond motifs is 3. The average molecular weight is 479 g/mol. The van der Waals surface area contributed by atoms with E-state index in [0.29, 0.717) is 19.3 Å².